The molecule has 0 fully saturated rings. The second kappa shape index (κ2) is 7.85. The highest BCUT2D eigenvalue weighted by Crippen LogP contribution is 2.36. The highest BCUT2D eigenvalue weighted by Gasteiger charge is 2.35. The fraction of sp³-hybridized carbons (Fsp3) is 0.467. The van der Waals surface area contributed by atoms with Gasteiger partial charge in [0.05, 0.1) is 12.0 Å². The first kappa shape index (κ1) is 18.8. The lowest BCUT2D eigenvalue weighted by Crippen LogP contribution is -2.41. The topological polar surface area (TPSA) is 66.8 Å². The number of hydrogen-bond donors (Lipinski definition) is 1. The van der Waals surface area contributed by atoms with Crippen LogP contribution in [-0.4, -0.2) is 41.1 Å². The Labute approximate surface area is 131 Å². The van der Waals surface area contributed by atoms with Crippen LogP contribution < -0.4 is 4.74 Å². The average molecular weight is 333 g/mol. The molecule has 0 heterocycles. The van der Waals surface area contributed by atoms with Crippen LogP contribution in [0.4, 0.5) is 13.2 Å². The number of aliphatic carboxylic acids is 1. The van der Waals surface area contributed by atoms with Crippen LogP contribution in [0.1, 0.15) is 25.8 Å². The highest BCUT2D eigenvalue weighted by molar-refractivity contribution is 5.81. The van der Waals surface area contributed by atoms with Gasteiger partial charge in [0.2, 0.25) is 0 Å². The van der Waals surface area contributed by atoms with Gasteiger partial charge in [-0.25, -0.2) is 0 Å². The molecule has 0 aliphatic heterocycles. The number of rotatable bonds is 7. The monoisotopic (exact) mass is 333 g/mol. The fourth-order valence-corrected chi connectivity index (χ4v) is 1.96. The van der Waals surface area contributed by atoms with Crippen molar-refractivity contribution in [3.8, 4) is 5.75 Å². The fourth-order valence-electron chi connectivity index (χ4n) is 1.96. The van der Waals surface area contributed by atoms with Gasteiger partial charge in [-0.3, -0.25) is 9.59 Å². The molecule has 0 bridgehead atoms. The highest BCUT2D eigenvalue weighted by atomic mass is 19.4. The Morgan fingerprint density at radius 2 is 1.91 bits per heavy atom. The number of carboxylic acids is 1. The van der Waals surface area contributed by atoms with E-state index in [-0.39, 0.29) is 19.5 Å². The van der Waals surface area contributed by atoms with Crippen LogP contribution in [0, 0.1) is 0 Å². The Balaban J connectivity index is 2.84. The lowest BCUT2D eigenvalue weighted by atomic mass is 10.2. The van der Waals surface area contributed by atoms with Crippen LogP contribution in [0.5, 0.6) is 5.75 Å². The number of benzene rings is 1. The van der Waals surface area contributed by atoms with Gasteiger partial charge in [0.15, 0.2) is 6.10 Å². The van der Waals surface area contributed by atoms with E-state index in [4.69, 9.17) is 9.84 Å². The number of amides is 1. The van der Waals surface area contributed by atoms with Crippen LogP contribution in [0.15, 0.2) is 24.3 Å². The standard InChI is InChI=1S/C15H18F3NO4/c1-3-19(9-8-13(20)21)14(22)10(2)23-12-7-5-4-6-11(12)15(16,17)18/h4-7,10H,3,8-9H2,1-2H3,(H,20,21). The molecule has 1 rings (SSSR count). The number of likely N-dealkylation sites (N-methyl/N-ethyl adjacent to an activating group) is 1. The molecule has 128 valence electrons. The zero-order chi connectivity index (χ0) is 17.6. The minimum absolute atomic E-state index is 0.0285. The van der Waals surface area contributed by atoms with Gasteiger partial charge in [0, 0.05) is 13.1 Å². The number of ether oxygens (including phenoxy) is 1. The van der Waals surface area contributed by atoms with Gasteiger partial charge in [-0.05, 0) is 26.0 Å². The summed E-state index contributed by atoms with van der Waals surface area (Å²) in [5, 5.41) is 8.65. The van der Waals surface area contributed by atoms with E-state index < -0.39 is 35.5 Å². The second-order valence-corrected chi connectivity index (χ2v) is 4.82. The molecular weight excluding hydrogens is 315 g/mol. The average Bonchev–Trinajstić information content (AvgIpc) is 2.46. The SMILES string of the molecule is CCN(CCC(=O)O)C(=O)C(C)Oc1ccccc1C(F)(F)F. The lowest BCUT2D eigenvalue weighted by molar-refractivity contribution is -0.144. The third kappa shape index (κ3) is 5.46. The molecule has 1 N–H and O–H groups in total. The minimum atomic E-state index is -4.59. The summed E-state index contributed by atoms with van der Waals surface area (Å²) in [5.41, 5.74) is -0.965. The molecule has 1 aromatic carbocycles. The first-order valence-electron chi connectivity index (χ1n) is 7.00. The molecule has 5 nitrogen and oxygen atoms in total. The summed E-state index contributed by atoms with van der Waals surface area (Å²) in [5.74, 6) is -2.06. The molecule has 1 aromatic rings. The van der Waals surface area contributed by atoms with E-state index in [0.717, 1.165) is 12.1 Å². The lowest BCUT2D eigenvalue weighted by Gasteiger charge is -2.25. The van der Waals surface area contributed by atoms with Gasteiger partial charge >= 0.3 is 12.1 Å². The van der Waals surface area contributed by atoms with Gasteiger partial charge in [0.1, 0.15) is 5.75 Å². The van der Waals surface area contributed by atoms with Gasteiger partial charge < -0.3 is 14.7 Å². The summed E-state index contributed by atoms with van der Waals surface area (Å²) < 4.78 is 43.8. The summed E-state index contributed by atoms with van der Waals surface area (Å²) in [7, 11) is 0. The van der Waals surface area contributed by atoms with Crippen molar-refractivity contribution in [3.05, 3.63) is 29.8 Å². The van der Waals surface area contributed by atoms with E-state index in [1.165, 1.54) is 24.0 Å². The summed E-state index contributed by atoms with van der Waals surface area (Å²) >= 11 is 0. The van der Waals surface area contributed by atoms with E-state index in [9.17, 15) is 22.8 Å². The predicted octanol–water partition coefficient (Wildman–Crippen LogP) is 2.80. The number of carbonyl (C=O) groups is 2. The van der Waals surface area contributed by atoms with Crippen LogP contribution in [0.25, 0.3) is 0 Å². The van der Waals surface area contributed by atoms with Crippen LogP contribution in [0.3, 0.4) is 0 Å². The van der Waals surface area contributed by atoms with Gasteiger partial charge in [0.25, 0.3) is 5.91 Å². The van der Waals surface area contributed by atoms with E-state index in [2.05, 4.69) is 0 Å². The third-order valence-corrected chi connectivity index (χ3v) is 3.13. The maximum Gasteiger partial charge on any atom is 0.419 e. The molecule has 23 heavy (non-hydrogen) atoms. The van der Waals surface area contributed by atoms with Crippen molar-refractivity contribution in [2.75, 3.05) is 13.1 Å². The molecule has 0 aromatic heterocycles. The van der Waals surface area contributed by atoms with Gasteiger partial charge in [-0.15, -0.1) is 0 Å². The Morgan fingerprint density at radius 3 is 2.43 bits per heavy atom. The number of halogens is 3. The van der Waals surface area contributed by atoms with Crippen molar-refractivity contribution in [2.45, 2.75) is 32.5 Å². The van der Waals surface area contributed by atoms with E-state index in [1.807, 2.05) is 0 Å². The molecule has 0 saturated heterocycles. The molecule has 0 aliphatic carbocycles. The Kier molecular flexibility index (Phi) is 6.41. The molecule has 1 atom stereocenters. The van der Waals surface area contributed by atoms with E-state index in [0.29, 0.717) is 0 Å². The molecule has 0 spiro atoms. The molecule has 1 amide bonds. The smallest absolute Gasteiger partial charge is 0.419 e. The number of hydrogen-bond acceptors (Lipinski definition) is 3. The number of nitrogens with zero attached hydrogens (tertiary/aromatic N) is 1. The maximum atomic E-state index is 12.9. The van der Waals surface area contributed by atoms with Crippen molar-refractivity contribution in [1.82, 2.24) is 4.90 Å². The van der Waals surface area contributed by atoms with Gasteiger partial charge in [-0.2, -0.15) is 13.2 Å². The summed E-state index contributed by atoms with van der Waals surface area (Å²) in [6, 6.07) is 4.62. The second-order valence-electron chi connectivity index (χ2n) is 4.82. The summed E-state index contributed by atoms with van der Waals surface area (Å²) in [6.45, 7) is 3.19. The molecular formula is C15H18F3NO4. The molecule has 0 saturated carbocycles. The van der Waals surface area contributed by atoms with E-state index >= 15 is 0 Å². The Hall–Kier alpha value is -2.25. The molecule has 8 heteroatoms. The number of alkyl halides is 3. The number of carboxylic acid groups (broad SMARTS) is 1. The van der Waals surface area contributed by atoms with Crippen molar-refractivity contribution in [3.63, 3.8) is 0 Å². The van der Waals surface area contributed by atoms with Crippen LogP contribution in [0.2, 0.25) is 0 Å². The van der Waals surface area contributed by atoms with Crippen molar-refractivity contribution in [2.24, 2.45) is 0 Å². The van der Waals surface area contributed by atoms with Crippen LogP contribution >= 0.6 is 0 Å². The van der Waals surface area contributed by atoms with Crippen LogP contribution in [-0.2, 0) is 15.8 Å². The molecule has 0 aliphatic rings. The number of para-hydroxylation sites is 1. The van der Waals surface area contributed by atoms with E-state index in [1.54, 1.807) is 6.92 Å². The molecule has 1 unspecified atom stereocenters. The Morgan fingerprint density at radius 1 is 1.30 bits per heavy atom. The summed E-state index contributed by atoms with van der Waals surface area (Å²) in [6.07, 6.45) is -5.99. The largest absolute Gasteiger partial charge is 0.481 e. The first-order valence-corrected chi connectivity index (χ1v) is 7.00. The quantitative estimate of drug-likeness (QED) is 0.833. The molecule has 0 radical (unpaired) electrons. The normalized spacial score (nSPS) is 12.6. The maximum absolute atomic E-state index is 12.9. The summed E-state index contributed by atoms with van der Waals surface area (Å²) in [4.78, 5) is 24.0. The van der Waals surface area contributed by atoms with Gasteiger partial charge in [-0.1, -0.05) is 12.1 Å². The zero-order valence-electron chi connectivity index (χ0n) is 12.8. The zero-order valence-corrected chi connectivity index (χ0v) is 12.8. The van der Waals surface area contributed by atoms with Crippen molar-refractivity contribution >= 4 is 11.9 Å². The van der Waals surface area contributed by atoms with Crippen molar-refractivity contribution in [1.29, 1.82) is 0 Å². The first-order chi connectivity index (χ1) is 10.7. The number of carbonyl (C=O) groups excluding carboxylic acids is 1. The predicted molar refractivity (Wildman–Crippen MR) is 76.0 cm³/mol. The van der Waals surface area contributed by atoms with Crippen molar-refractivity contribution < 1.29 is 32.6 Å². The Bertz CT molecular complexity index is 560. The third-order valence-electron chi connectivity index (χ3n) is 3.13. The minimum Gasteiger partial charge on any atom is -0.481 e.